The zero-order valence-corrected chi connectivity index (χ0v) is 12.3. The first kappa shape index (κ1) is 13.0. The first-order valence-corrected chi connectivity index (χ1v) is 7.18. The second-order valence-corrected chi connectivity index (χ2v) is 5.70. The van der Waals surface area contributed by atoms with Gasteiger partial charge in [-0.15, -0.1) is 6.58 Å². The summed E-state index contributed by atoms with van der Waals surface area (Å²) in [6.45, 7) is 6.17. The van der Waals surface area contributed by atoms with Crippen molar-refractivity contribution in [3.8, 4) is 0 Å². The number of carbonyl (C=O) groups is 1. The number of hydrogen-bond acceptors (Lipinski definition) is 3. The molecule has 1 aromatic heterocycles. The molecule has 102 valence electrons. The van der Waals surface area contributed by atoms with Crippen LogP contribution in [0.1, 0.15) is 16.1 Å². The van der Waals surface area contributed by atoms with Crippen LogP contribution in [-0.4, -0.2) is 22.2 Å². The molecule has 1 amide bonds. The molecular formula is C15H15N3OS. The lowest BCUT2D eigenvalue weighted by molar-refractivity contribution is 0.0987. The fraction of sp³-hybridized carbons (Fsp3) is 0.200. The maximum atomic E-state index is 12.8. The van der Waals surface area contributed by atoms with E-state index < -0.39 is 0 Å². The monoisotopic (exact) mass is 285 g/mol. The van der Waals surface area contributed by atoms with E-state index in [-0.39, 0.29) is 5.91 Å². The molecule has 2 aromatic rings. The minimum atomic E-state index is 0.00264. The van der Waals surface area contributed by atoms with Crippen molar-refractivity contribution < 1.29 is 4.79 Å². The van der Waals surface area contributed by atoms with Crippen molar-refractivity contribution in [1.82, 2.24) is 9.78 Å². The minimum Gasteiger partial charge on any atom is -0.300 e. The van der Waals surface area contributed by atoms with Gasteiger partial charge in [-0.3, -0.25) is 9.48 Å². The second-order valence-electron chi connectivity index (χ2n) is 4.67. The Kier molecular flexibility index (Phi) is 3.14. The van der Waals surface area contributed by atoms with Gasteiger partial charge in [0.05, 0.1) is 16.9 Å². The van der Waals surface area contributed by atoms with E-state index in [0.29, 0.717) is 6.54 Å². The van der Waals surface area contributed by atoms with Crippen molar-refractivity contribution in [1.29, 1.82) is 0 Å². The first-order chi connectivity index (χ1) is 9.63. The molecule has 0 aliphatic carbocycles. The molecule has 3 rings (SSSR count). The van der Waals surface area contributed by atoms with Gasteiger partial charge >= 0.3 is 0 Å². The number of amides is 1. The number of aryl methyl sites for hydroxylation is 2. The van der Waals surface area contributed by atoms with E-state index >= 15 is 0 Å². The first-order valence-electron chi connectivity index (χ1n) is 6.36. The summed E-state index contributed by atoms with van der Waals surface area (Å²) in [5, 5.41) is 5.43. The van der Waals surface area contributed by atoms with Gasteiger partial charge < -0.3 is 4.90 Å². The average molecular weight is 285 g/mol. The molecule has 4 nitrogen and oxygen atoms in total. The van der Waals surface area contributed by atoms with Gasteiger partial charge in [0, 0.05) is 18.5 Å². The summed E-state index contributed by atoms with van der Waals surface area (Å²) in [5.74, 6) is 0.00264. The molecule has 5 heteroatoms. The molecule has 0 N–H and O–H groups in total. The van der Waals surface area contributed by atoms with E-state index in [1.54, 1.807) is 22.7 Å². The highest BCUT2D eigenvalue weighted by molar-refractivity contribution is 7.99. The van der Waals surface area contributed by atoms with E-state index in [1.807, 2.05) is 42.9 Å². The molecule has 0 saturated heterocycles. The van der Waals surface area contributed by atoms with Gasteiger partial charge in [-0.05, 0) is 19.1 Å². The van der Waals surface area contributed by atoms with Crippen LogP contribution in [0.5, 0.6) is 0 Å². The largest absolute Gasteiger partial charge is 0.300 e. The van der Waals surface area contributed by atoms with Gasteiger partial charge in [0.2, 0.25) is 0 Å². The fourth-order valence-electron chi connectivity index (χ4n) is 2.44. The Bertz CT molecular complexity index is 705. The quantitative estimate of drug-likeness (QED) is 0.796. The van der Waals surface area contributed by atoms with Crippen LogP contribution < -0.4 is 4.90 Å². The molecule has 0 bridgehead atoms. The van der Waals surface area contributed by atoms with Crippen LogP contribution in [0.4, 0.5) is 5.69 Å². The normalized spacial score (nSPS) is 13.7. The number of benzene rings is 1. The van der Waals surface area contributed by atoms with E-state index in [4.69, 9.17) is 0 Å². The Morgan fingerprint density at radius 2 is 2.15 bits per heavy atom. The molecule has 0 unspecified atom stereocenters. The maximum Gasteiger partial charge on any atom is 0.259 e. The Morgan fingerprint density at radius 1 is 1.40 bits per heavy atom. The van der Waals surface area contributed by atoms with E-state index in [9.17, 15) is 4.79 Å². The van der Waals surface area contributed by atoms with Gasteiger partial charge in [0.15, 0.2) is 0 Å². The lowest BCUT2D eigenvalue weighted by atomic mass is 10.2. The Balaban J connectivity index is 2.26. The smallest absolute Gasteiger partial charge is 0.259 e. The van der Waals surface area contributed by atoms with Crippen molar-refractivity contribution >= 4 is 23.4 Å². The number of hydrogen-bond donors (Lipinski definition) is 0. The third kappa shape index (κ3) is 1.86. The lowest BCUT2D eigenvalue weighted by Crippen LogP contribution is -2.31. The topological polar surface area (TPSA) is 38.1 Å². The van der Waals surface area contributed by atoms with Crippen molar-refractivity contribution in [2.75, 3.05) is 11.4 Å². The van der Waals surface area contributed by atoms with Gasteiger partial charge in [-0.1, -0.05) is 30.0 Å². The predicted octanol–water partition coefficient (Wildman–Crippen LogP) is 3.03. The summed E-state index contributed by atoms with van der Waals surface area (Å²) in [6, 6.07) is 7.69. The third-order valence-corrected chi connectivity index (χ3v) is 4.52. The van der Waals surface area contributed by atoms with Crippen LogP contribution in [0.3, 0.4) is 0 Å². The van der Waals surface area contributed by atoms with Crippen LogP contribution in [0.15, 0.2) is 46.8 Å². The van der Waals surface area contributed by atoms with Crippen molar-refractivity contribution in [2.24, 2.45) is 7.05 Å². The molecule has 1 aliphatic rings. The molecule has 0 radical (unpaired) electrons. The highest BCUT2D eigenvalue weighted by atomic mass is 32.2. The van der Waals surface area contributed by atoms with Crippen molar-refractivity contribution in [3.63, 3.8) is 0 Å². The Morgan fingerprint density at radius 3 is 2.90 bits per heavy atom. The molecule has 1 aromatic carbocycles. The molecule has 2 heterocycles. The zero-order valence-electron chi connectivity index (χ0n) is 11.5. The predicted molar refractivity (Wildman–Crippen MR) is 80.4 cm³/mol. The Labute approximate surface area is 122 Å². The standard InChI is InChI=1S/C15H15N3OS/c1-4-9-18-13-10(2)16-17(3)15(13)20-12-8-6-5-7-11(12)14(18)19/h4-8H,1,9H2,2-3H3. The zero-order chi connectivity index (χ0) is 14.3. The van der Waals surface area contributed by atoms with Gasteiger partial charge in [0.1, 0.15) is 5.03 Å². The number of aromatic nitrogens is 2. The number of carbonyl (C=O) groups excluding carboxylic acids is 1. The molecule has 0 saturated carbocycles. The third-order valence-electron chi connectivity index (χ3n) is 3.29. The Hall–Kier alpha value is -2.01. The molecule has 20 heavy (non-hydrogen) atoms. The average Bonchev–Trinajstić information content (AvgIpc) is 2.63. The number of fused-ring (bicyclic) bond motifs is 2. The van der Waals surface area contributed by atoms with Gasteiger partial charge in [-0.25, -0.2) is 0 Å². The molecule has 0 fully saturated rings. The molecule has 0 spiro atoms. The molecule has 0 atom stereocenters. The van der Waals surface area contributed by atoms with Crippen LogP contribution in [0, 0.1) is 6.92 Å². The van der Waals surface area contributed by atoms with Crippen molar-refractivity contribution in [2.45, 2.75) is 16.8 Å². The van der Waals surface area contributed by atoms with Crippen LogP contribution in [0.2, 0.25) is 0 Å². The summed E-state index contributed by atoms with van der Waals surface area (Å²) in [7, 11) is 1.91. The highest BCUT2D eigenvalue weighted by Crippen LogP contribution is 2.42. The second kappa shape index (κ2) is 4.83. The minimum absolute atomic E-state index is 0.00264. The van der Waals surface area contributed by atoms with E-state index in [2.05, 4.69) is 11.7 Å². The van der Waals surface area contributed by atoms with Crippen LogP contribution in [-0.2, 0) is 7.05 Å². The lowest BCUT2D eigenvalue weighted by Gasteiger charge is -2.19. The molecule has 1 aliphatic heterocycles. The highest BCUT2D eigenvalue weighted by Gasteiger charge is 2.30. The fourth-order valence-corrected chi connectivity index (χ4v) is 3.59. The number of anilines is 1. The number of nitrogens with zero attached hydrogens (tertiary/aromatic N) is 3. The summed E-state index contributed by atoms with van der Waals surface area (Å²) in [6.07, 6.45) is 1.74. The van der Waals surface area contributed by atoms with Gasteiger partial charge in [0.25, 0.3) is 5.91 Å². The van der Waals surface area contributed by atoms with Gasteiger partial charge in [-0.2, -0.15) is 5.10 Å². The SMILES string of the molecule is C=CCN1C(=O)c2ccccc2Sc2c1c(C)nn2C. The summed E-state index contributed by atoms with van der Waals surface area (Å²) in [4.78, 5) is 15.5. The summed E-state index contributed by atoms with van der Waals surface area (Å²) in [5.41, 5.74) is 2.48. The van der Waals surface area contributed by atoms with E-state index in [0.717, 1.165) is 26.9 Å². The van der Waals surface area contributed by atoms with Crippen LogP contribution >= 0.6 is 11.8 Å². The maximum absolute atomic E-state index is 12.8. The van der Waals surface area contributed by atoms with Crippen molar-refractivity contribution in [3.05, 3.63) is 48.2 Å². The van der Waals surface area contributed by atoms with E-state index in [1.165, 1.54) is 0 Å². The molecular weight excluding hydrogens is 270 g/mol. The summed E-state index contributed by atoms with van der Waals surface area (Å²) < 4.78 is 1.83. The van der Waals surface area contributed by atoms with Crippen LogP contribution in [0.25, 0.3) is 0 Å². The number of rotatable bonds is 2. The summed E-state index contributed by atoms with van der Waals surface area (Å²) >= 11 is 1.59.